The normalized spacial score (nSPS) is 17.7. The Morgan fingerprint density at radius 3 is 2.82 bits per heavy atom. The minimum absolute atomic E-state index is 0.131. The van der Waals surface area contributed by atoms with Gasteiger partial charge in [-0.1, -0.05) is 24.4 Å². The number of anilines is 1. The Balaban J connectivity index is 1.29. The lowest BCUT2D eigenvalue weighted by molar-refractivity contribution is -0.118. The van der Waals surface area contributed by atoms with Crippen LogP contribution in [0.3, 0.4) is 0 Å². The molecule has 2 aliphatic rings. The lowest BCUT2D eigenvalue weighted by Gasteiger charge is -2.16. The number of imide groups is 1. The molecular weight excluding hydrogens is 379 g/mol. The third kappa shape index (κ3) is 6.38. The van der Waals surface area contributed by atoms with Gasteiger partial charge in [0.15, 0.2) is 0 Å². The Labute approximate surface area is 170 Å². The van der Waals surface area contributed by atoms with Gasteiger partial charge in [-0.3, -0.25) is 14.8 Å². The Bertz CT molecular complexity index is 699. The van der Waals surface area contributed by atoms with E-state index < -0.39 is 0 Å². The summed E-state index contributed by atoms with van der Waals surface area (Å²) in [5.74, 6) is 1.25. The van der Waals surface area contributed by atoms with E-state index in [1.54, 1.807) is 16.8 Å². The van der Waals surface area contributed by atoms with Crippen LogP contribution in [0.2, 0.25) is 0 Å². The highest BCUT2D eigenvalue weighted by molar-refractivity contribution is 7.97. The zero-order valence-electron chi connectivity index (χ0n) is 16.3. The monoisotopic (exact) mass is 408 g/mol. The van der Waals surface area contributed by atoms with Crippen LogP contribution in [0.4, 0.5) is 14.9 Å². The number of nitrogens with one attached hydrogen (secondary N) is 3. The number of hydrogen-bond acceptors (Lipinski definition) is 5. The summed E-state index contributed by atoms with van der Waals surface area (Å²) >= 11 is 1.67. The number of urea groups is 1. The number of amides is 3. The number of benzene rings is 1. The van der Waals surface area contributed by atoms with Crippen molar-refractivity contribution in [1.82, 2.24) is 14.9 Å². The van der Waals surface area contributed by atoms with Crippen LogP contribution >= 0.6 is 11.9 Å². The molecule has 1 aromatic rings. The predicted molar refractivity (Wildman–Crippen MR) is 111 cm³/mol. The van der Waals surface area contributed by atoms with E-state index >= 15 is 0 Å². The molecule has 0 spiro atoms. The molecule has 1 saturated heterocycles. The van der Waals surface area contributed by atoms with Gasteiger partial charge in [-0.2, -0.15) is 0 Å². The average molecular weight is 409 g/mol. The highest BCUT2D eigenvalue weighted by atomic mass is 32.2. The molecule has 1 aromatic carbocycles. The van der Waals surface area contributed by atoms with Gasteiger partial charge in [-0.15, -0.1) is 0 Å². The maximum Gasteiger partial charge on any atom is 0.324 e. The van der Waals surface area contributed by atoms with Gasteiger partial charge in [0.25, 0.3) is 0 Å². The summed E-state index contributed by atoms with van der Waals surface area (Å²) in [4.78, 5) is 24.1. The van der Waals surface area contributed by atoms with E-state index in [4.69, 9.17) is 0 Å². The van der Waals surface area contributed by atoms with Gasteiger partial charge in [0.1, 0.15) is 12.4 Å². The summed E-state index contributed by atoms with van der Waals surface area (Å²) in [6.45, 7) is 3.73. The second-order valence-corrected chi connectivity index (χ2v) is 8.52. The fraction of sp³-hybridized carbons (Fsp3) is 0.600. The van der Waals surface area contributed by atoms with Gasteiger partial charge >= 0.3 is 6.03 Å². The Morgan fingerprint density at radius 1 is 1.29 bits per heavy atom. The summed E-state index contributed by atoms with van der Waals surface area (Å²) in [6.07, 6.45) is 5.42. The number of rotatable bonds is 12. The number of nitrogens with zero attached hydrogens (tertiary/aromatic N) is 1. The first-order valence-electron chi connectivity index (χ1n) is 10.0. The Kier molecular flexibility index (Phi) is 7.56. The van der Waals surface area contributed by atoms with Crippen LogP contribution < -0.4 is 15.4 Å². The first kappa shape index (κ1) is 20.9. The molecule has 6 nitrogen and oxygen atoms in total. The Hall–Kier alpha value is -1.80. The minimum atomic E-state index is -0.278. The number of unbranched alkanes of at least 4 members (excludes halogenated alkanes) is 2. The summed E-state index contributed by atoms with van der Waals surface area (Å²) in [7, 11) is 0. The molecule has 1 aliphatic carbocycles. The van der Waals surface area contributed by atoms with Gasteiger partial charge in [-0.25, -0.2) is 9.18 Å². The fourth-order valence-electron chi connectivity index (χ4n) is 3.09. The molecule has 3 N–H and O–H groups in total. The van der Waals surface area contributed by atoms with Crippen molar-refractivity contribution in [3.05, 3.63) is 29.6 Å². The molecule has 2 fully saturated rings. The third-order valence-electron chi connectivity index (χ3n) is 5.07. The van der Waals surface area contributed by atoms with Crippen molar-refractivity contribution in [1.29, 1.82) is 0 Å². The molecule has 0 radical (unpaired) electrons. The second-order valence-electron chi connectivity index (χ2n) is 7.59. The zero-order valence-corrected chi connectivity index (χ0v) is 17.1. The van der Waals surface area contributed by atoms with Gasteiger partial charge in [-0.05, 0) is 56.2 Å². The molecule has 154 valence electrons. The van der Waals surface area contributed by atoms with Crippen molar-refractivity contribution in [2.45, 2.75) is 45.1 Å². The smallest absolute Gasteiger partial charge is 0.324 e. The maximum absolute atomic E-state index is 14.0. The molecule has 0 bridgehead atoms. The lowest BCUT2D eigenvalue weighted by Crippen LogP contribution is -2.29. The molecular formula is C20H29FN4O2S. The Morgan fingerprint density at radius 2 is 2.11 bits per heavy atom. The van der Waals surface area contributed by atoms with Gasteiger partial charge in [0, 0.05) is 24.9 Å². The van der Waals surface area contributed by atoms with Crippen molar-refractivity contribution in [3.8, 4) is 0 Å². The average Bonchev–Trinajstić information content (AvgIpc) is 3.44. The summed E-state index contributed by atoms with van der Waals surface area (Å²) < 4.78 is 17.4. The lowest BCUT2D eigenvalue weighted by atomic mass is 10.1. The van der Waals surface area contributed by atoms with E-state index in [0.717, 1.165) is 37.1 Å². The molecule has 3 rings (SSSR count). The van der Waals surface area contributed by atoms with E-state index in [1.165, 1.54) is 18.9 Å². The molecule has 1 saturated carbocycles. The summed E-state index contributed by atoms with van der Waals surface area (Å²) in [5.41, 5.74) is 1.66. The van der Waals surface area contributed by atoms with Crippen molar-refractivity contribution in [3.63, 3.8) is 0 Å². The van der Waals surface area contributed by atoms with Crippen LogP contribution in [0, 0.1) is 11.7 Å². The van der Waals surface area contributed by atoms with E-state index in [2.05, 4.69) is 22.3 Å². The van der Waals surface area contributed by atoms with E-state index in [9.17, 15) is 14.0 Å². The number of carbonyl (C=O) groups excluding carboxylic acids is 2. The highest BCUT2D eigenvalue weighted by Crippen LogP contribution is 2.30. The van der Waals surface area contributed by atoms with Gasteiger partial charge < -0.3 is 10.2 Å². The maximum atomic E-state index is 14.0. The number of carbonyl (C=O) groups is 2. The summed E-state index contributed by atoms with van der Waals surface area (Å²) in [6, 6.07) is 5.12. The van der Waals surface area contributed by atoms with Crippen LogP contribution in [-0.2, 0) is 4.79 Å². The molecule has 1 heterocycles. The van der Waals surface area contributed by atoms with Crippen molar-refractivity contribution >= 4 is 29.6 Å². The largest absolute Gasteiger partial charge is 0.382 e. The topological polar surface area (TPSA) is 73.5 Å². The van der Waals surface area contributed by atoms with Crippen molar-refractivity contribution in [2.24, 2.45) is 5.92 Å². The first-order valence-corrected chi connectivity index (χ1v) is 11.0. The van der Waals surface area contributed by atoms with Crippen LogP contribution in [0.1, 0.15) is 50.6 Å². The standard InChI is InChI=1S/C20H29FN4O2S/c1-14(16-7-8-17(21)18(11-16)22-12-15-5-6-15)24-28-10-4-2-3-9-25-13-19(26)23-20(25)27/h7-8,11,14-15,22,24H,2-6,9-10,12-13H2,1H3,(H,23,26,27). The molecule has 28 heavy (non-hydrogen) atoms. The molecule has 1 aliphatic heterocycles. The molecule has 0 aromatic heterocycles. The highest BCUT2D eigenvalue weighted by Gasteiger charge is 2.25. The van der Waals surface area contributed by atoms with Crippen molar-refractivity contribution in [2.75, 3.05) is 30.7 Å². The van der Waals surface area contributed by atoms with E-state index in [0.29, 0.717) is 18.2 Å². The zero-order chi connectivity index (χ0) is 19.9. The van der Waals surface area contributed by atoms with E-state index in [1.807, 2.05) is 12.1 Å². The molecule has 1 atom stereocenters. The molecule has 3 amide bonds. The molecule has 1 unspecified atom stereocenters. The SMILES string of the molecule is CC(NSCCCCCN1CC(=O)NC1=O)c1ccc(F)c(NCC2CC2)c1. The van der Waals surface area contributed by atoms with Crippen LogP contribution in [0.25, 0.3) is 0 Å². The van der Waals surface area contributed by atoms with Crippen LogP contribution in [0.5, 0.6) is 0 Å². The number of hydrogen-bond donors (Lipinski definition) is 3. The first-order chi connectivity index (χ1) is 13.5. The summed E-state index contributed by atoms with van der Waals surface area (Å²) in [5, 5.41) is 5.51. The van der Waals surface area contributed by atoms with Crippen LogP contribution in [-0.4, -0.2) is 42.2 Å². The third-order valence-corrected chi connectivity index (χ3v) is 6.08. The fourth-order valence-corrected chi connectivity index (χ4v) is 3.95. The van der Waals surface area contributed by atoms with Gasteiger partial charge in [0.2, 0.25) is 5.91 Å². The van der Waals surface area contributed by atoms with E-state index in [-0.39, 0.29) is 30.3 Å². The second kappa shape index (κ2) is 10.1. The number of halogens is 1. The minimum Gasteiger partial charge on any atom is -0.382 e. The quantitative estimate of drug-likeness (QED) is 0.280. The van der Waals surface area contributed by atoms with Gasteiger partial charge in [0.05, 0.1) is 5.69 Å². The molecule has 8 heteroatoms. The predicted octanol–water partition coefficient (Wildman–Crippen LogP) is 3.67. The van der Waals surface area contributed by atoms with Crippen LogP contribution in [0.15, 0.2) is 18.2 Å². The van der Waals surface area contributed by atoms with Crippen molar-refractivity contribution < 1.29 is 14.0 Å².